The second-order valence-corrected chi connectivity index (χ2v) is 7.34. The summed E-state index contributed by atoms with van der Waals surface area (Å²) >= 11 is 6.08. The number of carbonyl (C=O) groups excluding carboxylic acids is 1. The molecule has 156 valence electrons. The number of fused-ring (bicyclic) bond motifs is 1. The highest BCUT2D eigenvalue weighted by Gasteiger charge is 2.25. The van der Waals surface area contributed by atoms with Crippen molar-refractivity contribution in [2.24, 2.45) is 0 Å². The van der Waals surface area contributed by atoms with Gasteiger partial charge in [0.25, 0.3) is 0 Å². The lowest BCUT2D eigenvalue weighted by Crippen LogP contribution is -2.08. The molecule has 0 spiro atoms. The van der Waals surface area contributed by atoms with Gasteiger partial charge in [0.2, 0.25) is 5.78 Å². The van der Waals surface area contributed by atoms with E-state index in [0.29, 0.717) is 11.1 Å². The van der Waals surface area contributed by atoms with Crippen molar-refractivity contribution >= 4 is 28.9 Å². The molecule has 0 unspecified atom stereocenters. The van der Waals surface area contributed by atoms with Crippen molar-refractivity contribution in [1.29, 1.82) is 0 Å². The summed E-state index contributed by atoms with van der Waals surface area (Å²) in [6, 6.07) is 13.3. The minimum atomic E-state index is -1.21. The average Bonchev–Trinajstić information content (AvgIpc) is 3.12. The largest absolute Gasteiger partial charge is 0.478 e. The molecule has 0 aliphatic carbocycles. The Morgan fingerprint density at radius 3 is 2.48 bits per heavy atom. The first kappa shape index (κ1) is 20.8. The lowest BCUT2D eigenvalue weighted by Gasteiger charge is -2.10. The van der Waals surface area contributed by atoms with E-state index in [1.807, 2.05) is 0 Å². The highest BCUT2D eigenvalue weighted by Crippen LogP contribution is 2.34. The standard InChI is InChI=1S/C24H16ClF2NO3/c1-2-13-15(24(30)31)10-9-14(22(13)27)16-12-20(28-11-4-3-8-19(16)28)23(29)21-17(25)6-5-7-18(21)26/h3-12H,2H2,1H3,(H,30,31). The van der Waals surface area contributed by atoms with E-state index in [9.17, 15) is 19.1 Å². The minimum Gasteiger partial charge on any atom is -0.478 e. The van der Waals surface area contributed by atoms with Gasteiger partial charge in [-0.05, 0) is 42.8 Å². The van der Waals surface area contributed by atoms with Gasteiger partial charge in [0.05, 0.1) is 27.4 Å². The average molecular weight is 440 g/mol. The summed E-state index contributed by atoms with van der Waals surface area (Å²) in [6.45, 7) is 1.67. The summed E-state index contributed by atoms with van der Waals surface area (Å²) in [5, 5.41) is 9.32. The van der Waals surface area contributed by atoms with Gasteiger partial charge >= 0.3 is 5.97 Å². The van der Waals surface area contributed by atoms with Crippen molar-refractivity contribution in [3.63, 3.8) is 0 Å². The molecule has 7 heteroatoms. The van der Waals surface area contributed by atoms with E-state index in [1.54, 1.807) is 31.3 Å². The molecule has 31 heavy (non-hydrogen) atoms. The molecule has 1 N–H and O–H groups in total. The lowest BCUT2D eigenvalue weighted by atomic mass is 9.96. The van der Waals surface area contributed by atoms with Crippen LogP contribution >= 0.6 is 11.6 Å². The number of carboxylic acid groups (broad SMARTS) is 1. The van der Waals surface area contributed by atoms with Crippen molar-refractivity contribution in [3.05, 3.63) is 99.8 Å². The first-order valence-corrected chi connectivity index (χ1v) is 9.86. The van der Waals surface area contributed by atoms with Gasteiger partial charge in [-0.3, -0.25) is 4.79 Å². The van der Waals surface area contributed by atoms with Gasteiger partial charge in [0.15, 0.2) is 0 Å². The number of benzene rings is 2. The number of hydrogen-bond acceptors (Lipinski definition) is 2. The maximum atomic E-state index is 15.3. The minimum absolute atomic E-state index is 0.0253. The molecule has 2 heterocycles. The van der Waals surface area contributed by atoms with E-state index in [-0.39, 0.29) is 39.4 Å². The van der Waals surface area contributed by atoms with Crippen LogP contribution in [-0.2, 0) is 6.42 Å². The van der Waals surface area contributed by atoms with E-state index in [4.69, 9.17) is 11.6 Å². The molecule has 4 rings (SSSR count). The highest BCUT2D eigenvalue weighted by atomic mass is 35.5. The van der Waals surface area contributed by atoms with Crippen LogP contribution in [0, 0.1) is 11.6 Å². The van der Waals surface area contributed by atoms with Crippen LogP contribution in [0.5, 0.6) is 0 Å². The molecule has 0 radical (unpaired) electrons. The van der Waals surface area contributed by atoms with Crippen molar-refractivity contribution in [1.82, 2.24) is 4.40 Å². The Kier molecular flexibility index (Phi) is 5.33. The van der Waals surface area contributed by atoms with Gasteiger partial charge in [-0.25, -0.2) is 13.6 Å². The molecule has 0 aliphatic heterocycles. The third-order valence-corrected chi connectivity index (χ3v) is 5.53. The first-order chi connectivity index (χ1) is 14.8. The van der Waals surface area contributed by atoms with Crippen molar-refractivity contribution in [2.75, 3.05) is 0 Å². The van der Waals surface area contributed by atoms with Crippen LogP contribution < -0.4 is 0 Å². The zero-order valence-electron chi connectivity index (χ0n) is 16.3. The summed E-state index contributed by atoms with van der Waals surface area (Å²) < 4.78 is 31.2. The van der Waals surface area contributed by atoms with E-state index in [2.05, 4.69) is 0 Å². The number of nitrogens with zero attached hydrogens (tertiary/aromatic N) is 1. The fourth-order valence-electron chi connectivity index (χ4n) is 3.76. The Bertz CT molecular complexity index is 1340. The topological polar surface area (TPSA) is 58.8 Å². The zero-order valence-corrected chi connectivity index (χ0v) is 17.1. The SMILES string of the molecule is CCc1c(C(=O)O)ccc(-c2cc(C(=O)c3c(F)cccc3Cl)n3ccccc23)c1F. The number of pyridine rings is 1. The maximum Gasteiger partial charge on any atom is 0.336 e. The molecule has 2 aromatic heterocycles. The quantitative estimate of drug-likeness (QED) is 0.386. The molecule has 0 amide bonds. The van der Waals surface area contributed by atoms with E-state index in [0.717, 1.165) is 6.07 Å². The molecule has 0 saturated heterocycles. The second kappa shape index (κ2) is 7.96. The van der Waals surface area contributed by atoms with Crippen LogP contribution in [0.15, 0.2) is 60.8 Å². The molecule has 0 aliphatic rings. The number of hydrogen-bond donors (Lipinski definition) is 1. The van der Waals surface area contributed by atoms with Crippen molar-refractivity contribution in [3.8, 4) is 11.1 Å². The van der Waals surface area contributed by atoms with Crippen LogP contribution in [-0.4, -0.2) is 21.3 Å². The molecular formula is C24H16ClF2NO3. The van der Waals surface area contributed by atoms with Crippen LogP contribution in [0.2, 0.25) is 5.02 Å². The normalized spacial score (nSPS) is 11.1. The summed E-state index contributed by atoms with van der Waals surface area (Å²) in [4.78, 5) is 24.6. The van der Waals surface area contributed by atoms with E-state index < -0.39 is 23.4 Å². The van der Waals surface area contributed by atoms with Gasteiger partial charge in [0.1, 0.15) is 11.6 Å². The lowest BCUT2D eigenvalue weighted by molar-refractivity contribution is 0.0695. The number of aromatic carboxylic acids is 1. The Morgan fingerprint density at radius 2 is 1.81 bits per heavy atom. The smallest absolute Gasteiger partial charge is 0.336 e. The number of carbonyl (C=O) groups is 2. The third kappa shape index (κ3) is 3.39. The van der Waals surface area contributed by atoms with Crippen LogP contribution in [0.25, 0.3) is 16.6 Å². The molecule has 2 aromatic carbocycles. The molecule has 0 bridgehead atoms. The Labute approximate surface area is 181 Å². The maximum absolute atomic E-state index is 15.3. The predicted octanol–water partition coefficient (Wildman–Crippen LogP) is 6.03. The zero-order chi connectivity index (χ0) is 22.3. The first-order valence-electron chi connectivity index (χ1n) is 9.49. The Balaban J connectivity index is 1.97. The summed E-state index contributed by atoms with van der Waals surface area (Å²) in [7, 11) is 0. The highest BCUT2D eigenvalue weighted by molar-refractivity contribution is 6.35. The number of halogens is 3. The van der Waals surface area contributed by atoms with Crippen LogP contribution in [0.4, 0.5) is 8.78 Å². The number of aromatic nitrogens is 1. The number of rotatable bonds is 5. The van der Waals surface area contributed by atoms with Gasteiger partial charge in [-0.2, -0.15) is 0 Å². The Hall–Kier alpha value is -3.51. The monoisotopic (exact) mass is 439 g/mol. The number of ketones is 1. The van der Waals surface area contributed by atoms with Crippen LogP contribution in [0.1, 0.15) is 38.9 Å². The molecule has 0 fully saturated rings. The van der Waals surface area contributed by atoms with E-state index >= 15 is 4.39 Å². The van der Waals surface area contributed by atoms with Gasteiger partial charge in [-0.15, -0.1) is 0 Å². The fraction of sp³-hybridized carbons (Fsp3) is 0.0833. The molecule has 4 nitrogen and oxygen atoms in total. The summed E-state index contributed by atoms with van der Waals surface area (Å²) in [6.07, 6.45) is 1.80. The van der Waals surface area contributed by atoms with Crippen LogP contribution in [0.3, 0.4) is 0 Å². The van der Waals surface area contributed by atoms with Gasteiger partial charge in [-0.1, -0.05) is 36.7 Å². The summed E-state index contributed by atoms with van der Waals surface area (Å²) in [5.74, 6) is -3.28. The predicted molar refractivity (Wildman–Crippen MR) is 114 cm³/mol. The van der Waals surface area contributed by atoms with Gasteiger partial charge in [0, 0.05) is 22.9 Å². The summed E-state index contributed by atoms with van der Waals surface area (Å²) in [5.41, 5.74) is 0.867. The third-order valence-electron chi connectivity index (χ3n) is 5.22. The van der Waals surface area contributed by atoms with Gasteiger partial charge < -0.3 is 9.51 Å². The molecule has 0 saturated carbocycles. The second-order valence-electron chi connectivity index (χ2n) is 6.94. The molecule has 4 aromatic rings. The molecule has 0 atom stereocenters. The Morgan fingerprint density at radius 1 is 1.03 bits per heavy atom. The van der Waals surface area contributed by atoms with E-state index in [1.165, 1.54) is 34.7 Å². The number of carboxylic acids is 1. The molecular weight excluding hydrogens is 424 g/mol. The fourth-order valence-corrected chi connectivity index (χ4v) is 4.01. The van der Waals surface area contributed by atoms with Crippen molar-refractivity contribution < 1.29 is 23.5 Å². The van der Waals surface area contributed by atoms with Crippen molar-refractivity contribution in [2.45, 2.75) is 13.3 Å².